The third-order valence-electron chi connectivity index (χ3n) is 5.46. The Kier molecular flexibility index (Phi) is 5.40. The molecule has 0 fully saturated rings. The van der Waals surface area contributed by atoms with Crippen LogP contribution < -0.4 is 10.1 Å². The molecule has 5 rings (SSSR count). The summed E-state index contributed by atoms with van der Waals surface area (Å²) < 4.78 is 18.9. The molecule has 0 unspecified atom stereocenters. The lowest BCUT2D eigenvalue weighted by Crippen LogP contribution is -2.36. The zero-order valence-electron chi connectivity index (χ0n) is 17.5. The van der Waals surface area contributed by atoms with Crippen molar-refractivity contribution in [3.05, 3.63) is 95.6 Å². The number of anilines is 1. The van der Waals surface area contributed by atoms with Crippen LogP contribution in [0.25, 0.3) is 10.8 Å². The molecule has 164 valence electrons. The molecule has 0 radical (unpaired) electrons. The van der Waals surface area contributed by atoms with Crippen molar-refractivity contribution in [1.29, 1.82) is 0 Å². The maximum Gasteiger partial charge on any atom is 0.419 e. The van der Waals surface area contributed by atoms with Gasteiger partial charge in [0, 0.05) is 42.2 Å². The molecule has 0 atom stereocenters. The van der Waals surface area contributed by atoms with Gasteiger partial charge in [0.2, 0.25) is 5.95 Å². The quantitative estimate of drug-likeness (QED) is 0.502. The number of rotatable bonds is 3. The number of amides is 2. The van der Waals surface area contributed by atoms with Crippen molar-refractivity contribution in [2.75, 3.05) is 11.9 Å². The predicted octanol–water partition coefficient (Wildman–Crippen LogP) is 4.58. The largest absolute Gasteiger partial charge is 0.419 e. The molecule has 1 aromatic heterocycles. The van der Waals surface area contributed by atoms with E-state index in [1.165, 1.54) is 18.2 Å². The molecule has 0 aliphatic carbocycles. The number of benzene rings is 3. The highest BCUT2D eigenvalue weighted by atomic mass is 19.1. The summed E-state index contributed by atoms with van der Waals surface area (Å²) in [5, 5.41) is 4.35. The number of hydrogen-bond donors (Lipinski definition) is 1. The number of fused-ring (bicyclic) bond motifs is 2. The van der Waals surface area contributed by atoms with E-state index in [0.29, 0.717) is 30.8 Å². The zero-order chi connectivity index (χ0) is 22.8. The van der Waals surface area contributed by atoms with Crippen LogP contribution in [0.1, 0.15) is 21.6 Å². The van der Waals surface area contributed by atoms with Gasteiger partial charge in [-0.2, -0.15) is 0 Å². The van der Waals surface area contributed by atoms with Crippen molar-refractivity contribution in [1.82, 2.24) is 14.9 Å². The Balaban J connectivity index is 1.27. The summed E-state index contributed by atoms with van der Waals surface area (Å²) in [6.45, 7) is 0.741. The second-order valence-electron chi connectivity index (χ2n) is 7.64. The third-order valence-corrected chi connectivity index (χ3v) is 5.46. The molecular formula is C25H19FN4O3. The van der Waals surface area contributed by atoms with Crippen LogP contribution in [-0.2, 0) is 13.0 Å². The first-order valence-corrected chi connectivity index (χ1v) is 10.4. The van der Waals surface area contributed by atoms with Crippen molar-refractivity contribution < 1.29 is 18.7 Å². The van der Waals surface area contributed by atoms with E-state index in [4.69, 9.17) is 4.74 Å². The lowest BCUT2D eigenvalue weighted by atomic mass is 10.1. The number of ether oxygens (including phenoxy) is 1. The highest BCUT2D eigenvalue weighted by Crippen LogP contribution is 2.25. The minimum Gasteiger partial charge on any atom is -0.409 e. The van der Waals surface area contributed by atoms with Gasteiger partial charge in [-0.15, -0.1) is 0 Å². The summed E-state index contributed by atoms with van der Waals surface area (Å²) in [4.78, 5) is 35.3. The van der Waals surface area contributed by atoms with Gasteiger partial charge in [0.1, 0.15) is 11.6 Å². The minimum atomic E-state index is -0.690. The Labute approximate surface area is 188 Å². The second kappa shape index (κ2) is 8.66. The lowest BCUT2D eigenvalue weighted by Gasteiger charge is -2.28. The number of aromatic nitrogens is 2. The first-order chi connectivity index (χ1) is 16.1. The van der Waals surface area contributed by atoms with Crippen molar-refractivity contribution >= 4 is 28.7 Å². The standard InChI is InChI=1S/C25H19FN4O3/c26-19-8-3-7-17(13-19)23(31)30-12-11-21-18(15-30)14-27-24(28-21)29-25(32)33-22-10-4-6-16-5-1-2-9-20(16)22/h1-10,13-14H,11-12,15H2,(H,27,28,29,32). The minimum absolute atomic E-state index is 0.129. The van der Waals surface area contributed by atoms with Gasteiger partial charge in [-0.05, 0) is 29.7 Å². The van der Waals surface area contributed by atoms with E-state index in [-0.39, 0.29) is 11.9 Å². The molecule has 3 aromatic carbocycles. The number of carbonyl (C=O) groups is 2. The molecule has 1 N–H and O–H groups in total. The Morgan fingerprint density at radius 3 is 2.73 bits per heavy atom. The maximum atomic E-state index is 13.5. The van der Waals surface area contributed by atoms with Gasteiger partial charge >= 0.3 is 6.09 Å². The van der Waals surface area contributed by atoms with E-state index in [1.807, 2.05) is 36.4 Å². The summed E-state index contributed by atoms with van der Waals surface area (Å²) in [6.07, 6.45) is 1.39. The summed E-state index contributed by atoms with van der Waals surface area (Å²) in [5.74, 6) is -0.132. The highest BCUT2D eigenvalue weighted by molar-refractivity contribution is 5.94. The second-order valence-corrected chi connectivity index (χ2v) is 7.64. The predicted molar refractivity (Wildman–Crippen MR) is 120 cm³/mol. The topological polar surface area (TPSA) is 84.4 Å². The van der Waals surface area contributed by atoms with Crippen molar-refractivity contribution in [3.63, 3.8) is 0 Å². The van der Waals surface area contributed by atoms with Crippen LogP contribution in [0, 0.1) is 5.82 Å². The molecule has 2 heterocycles. The Morgan fingerprint density at radius 2 is 1.85 bits per heavy atom. The first-order valence-electron chi connectivity index (χ1n) is 10.4. The average molecular weight is 442 g/mol. The zero-order valence-corrected chi connectivity index (χ0v) is 17.5. The number of halogens is 1. The first kappa shape index (κ1) is 20.6. The van der Waals surface area contributed by atoms with E-state index >= 15 is 0 Å². The normalized spacial score (nSPS) is 12.8. The lowest BCUT2D eigenvalue weighted by molar-refractivity contribution is 0.0733. The Hall–Kier alpha value is -4.33. The van der Waals surface area contributed by atoms with E-state index in [0.717, 1.165) is 22.0 Å². The third kappa shape index (κ3) is 4.36. The molecule has 33 heavy (non-hydrogen) atoms. The van der Waals surface area contributed by atoms with Crippen LogP contribution in [0.15, 0.2) is 72.9 Å². The average Bonchev–Trinajstić information content (AvgIpc) is 2.83. The Bertz CT molecular complexity index is 1370. The van der Waals surface area contributed by atoms with E-state index < -0.39 is 11.9 Å². The summed E-state index contributed by atoms with van der Waals surface area (Å²) in [7, 11) is 0. The van der Waals surface area contributed by atoms with Crippen LogP contribution in [0.5, 0.6) is 5.75 Å². The molecule has 0 spiro atoms. The molecule has 1 aliphatic heterocycles. The molecular weight excluding hydrogens is 423 g/mol. The number of nitrogens with zero attached hydrogens (tertiary/aromatic N) is 3. The van der Waals surface area contributed by atoms with Gasteiger partial charge in [-0.25, -0.2) is 19.2 Å². The number of nitrogens with one attached hydrogen (secondary N) is 1. The molecule has 1 aliphatic rings. The maximum absolute atomic E-state index is 13.5. The molecule has 0 saturated carbocycles. The number of hydrogen-bond acceptors (Lipinski definition) is 5. The highest BCUT2D eigenvalue weighted by Gasteiger charge is 2.24. The SMILES string of the molecule is O=C(Nc1ncc2c(n1)CCN(C(=O)c1cccc(F)c1)C2)Oc1cccc2ccccc12. The molecule has 0 saturated heterocycles. The van der Waals surface area contributed by atoms with Gasteiger partial charge < -0.3 is 9.64 Å². The summed E-state index contributed by atoms with van der Waals surface area (Å²) in [5.41, 5.74) is 1.82. The fourth-order valence-corrected chi connectivity index (χ4v) is 3.86. The fraction of sp³-hybridized carbons (Fsp3) is 0.120. The van der Waals surface area contributed by atoms with Gasteiger partial charge in [0.05, 0.1) is 5.69 Å². The molecule has 0 bridgehead atoms. The van der Waals surface area contributed by atoms with Crippen molar-refractivity contribution in [2.24, 2.45) is 0 Å². The van der Waals surface area contributed by atoms with E-state index in [9.17, 15) is 14.0 Å². The van der Waals surface area contributed by atoms with Gasteiger partial charge in [0.25, 0.3) is 5.91 Å². The van der Waals surface area contributed by atoms with Crippen LogP contribution >= 0.6 is 0 Å². The monoisotopic (exact) mass is 442 g/mol. The molecule has 4 aromatic rings. The van der Waals surface area contributed by atoms with Gasteiger partial charge in [-0.3, -0.25) is 10.1 Å². The van der Waals surface area contributed by atoms with Crippen molar-refractivity contribution in [3.8, 4) is 5.75 Å². The summed E-state index contributed by atoms with van der Waals surface area (Å²) >= 11 is 0. The Morgan fingerprint density at radius 1 is 1.03 bits per heavy atom. The van der Waals surface area contributed by atoms with Crippen molar-refractivity contribution in [2.45, 2.75) is 13.0 Å². The van der Waals surface area contributed by atoms with E-state index in [1.54, 1.807) is 23.2 Å². The molecule has 8 heteroatoms. The van der Waals surface area contributed by atoms with E-state index in [2.05, 4.69) is 15.3 Å². The molecule has 7 nitrogen and oxygen atoms in total. The van der Waals surface area contributed by atoms with Crippen LogP contribution in [0.2, 0.25) is 0 Å². The fourth-order valence-electron chi connectivity index (χ4n) is 3.86. The van der Waals surface area contributed by atoms with Gasteiger partial charge in [-0.1, -0.05) is 42.5 Å². The van der Waals surface area contributed by atoms with Crippen LogP contribution in [-0.4, -0.2) is 33.4 Å². The van der Waals surface area contributed by atoms with Gasteiger partial charge in [0.15, 0.2) is 0 Å². The van der Waals surface area contributed by atoms with Crippen LogP contribution in [0.3, 0.4) is 0 Å². The summed E-state index contributed by atoms with van der Waals surface area (Å²) in [6, 6.07) is 18.7. The number of carbonyl (C=O) groups excluding carboxylic acids is 2. The molecule has 2 amide bonds. The van der Waals surface area contributed by atoms with Crippen LogP contribution in [0.4, 0.5) is 15.1 Å². The smallest absolute Gasteiger partial charge is 0.409 e.